The second kappa shape index (κ2) is 13.2. The number of hydrogen-bond acceptors (Lipinski definition) is 6. The Labute approximate surface area is 186 Å². The highest BCUT2D eigenvalue weighted by Gasteiger charge is 2.36. The molecular weight excluding hydrogens is 434 g/mol. The normalized spacial score (nSPS) is 13.6. The molecule has 0 aliphatic rings. The Bertz CT molecular complexity index is 861. The van der Waals surface area contributed by atoms with Gasteiger partial charge < -0.3 is 18.3 Å². The SMILES string of the molecule is CCOP(=O)(CCCCc1cccc(Oc2ccccc2)c1)CP(=O)(OCC)OCC. The van der Waals surface area contributed by atoms with E-state index >= 15 is 0 Å². The molecule has 0 spiro atoms. The van der Waals surface area contributed by atoms with Crippen LogP contribution in [0.3, 0.4) is 0 Å². The summed E-state index contributed by atoms with van der Waals surface area (Å²) >= 11 is 0. The highest BCUT2D eigenvalue weighted by molar-refractivity contribution is 7.73. The van der Waals surface area contributed by atoms with Gasteiger partial charge in [-0.25, -0.2) is 0 Å². The Hall–Kier alpha value is -1.42. The number of aryl methyl sites for hydroxylation is 1. The van der Waals surface area contributed by atoms with Crippen LogP contribution in [0.2, 0.25) is 0 Å². The first-order valence-corrected chi connectivity index (χ1v) is 14.6. The fraction of sp³-hybridized carbons (Fsp3) is 0.478. The lowest BCUT2D eigenvalue weighted by molar-refractivity contribution is 0.222. The van der Waals surface area contributed by atoms with E-state index in [9.17, 15) is 9.13 Å². The van der Waals surface area contributed by atoms with Crippen LogP contribution in [-0.4, -0.2) is 31.9 Å². The molecule has 172 valence electrons. The van der Waals surface area contributed by atoms with Crippen molar-refractivity contribution < 1.29 is 27.4 Å². The van der Waals surface area contributed by atoms with Gasteiger partial charge in [-0.3, -0.25) is 9.13 Å². The van der Waals surface area contributed by atoms with E-state index in [1.54, 1.807) is 20.8 Å². The molecule has 1 unspecified atom stereocenters. The molecule has 8 heteroatoms. The van der Waals surface area contributed by atoms with E-state index in [0.29, 0.717) is 19.2 Å². The Morgan fingerprint density at radius 3 is 2.03 bits per heavy atom. The number of para-hydroxylation sites is 1. The molecule has 2 aromatic rings. The molecule has 0 fully saturated rings. The van der Waals surface area contributed by atoms with Crippen molar-refractivity contribution in [1.29, 1.82) is 0 Å². The van der Waals surface area contributed by atoms with Crippen LogP contribution in [0.15, 0.2) is 54.6 Å². The first-order chi connectivity index (χ1) is 14.9. The zero-order chi connectivity index (χ0) is 22.6. The van der Waals surface area contributed by atoms with Crippen LogP contribution < -0.4 is 4.74 Å². The van der Waals surface area contributed by atoms with Gasteiger partial charge in [-0.15, -0.1) is 0 Å². The van der Waals surface area contributed by atoms with Gasteiger partial charge in [-0.2, -0.15) is 0 Å². The minimum Gasteiger partial charge on any atom is -0.457 e. The third-order valence-corrected chi connectivity index (χ3v) is 10.6. The van der Waals surface area contributed by atoms with Gasteiger partial charge in [-0.1, -0.05) is 30.3 Å². The van der Waals surface area contributed by atoms with Crippen molar-refractivity contribution in [3.63, 3.8) is 0 Å². The van der Waals surface area contributed by atoms with Gasteiger partial charge in [0.15, 0.2) is 0 Å². The van der Waals surface area contributed by atoms with Crippen molar-refractivity contribution >= 4 is 15.0 Å². The van der Waals surface area contributed by atoms with E-state index in [1.165, 1.54) is 0 Å². The van der Waals surface area contributed by atoms with Crippen LogP contribution in [0.1, 0.15) is 39.2 Å². The molecule has 6 nitrogen and oxygen atoms in total. The minimum atomic E-state index is -3.42. The first kappa shape index (κ1) is 25.8. The number of benzene rings is 2. The Morgan fingerprint density at radius 2 is 1.39 bits per heavy atom. The Morgan fingerprint density at radius 1 is 0.742 bits per heavy atom. The molecule has 0 radical (unpaired) electrons. The number of unbranched alkanes of at least 4 members (excludes halogenated alkanes) is 1. The molecule has 0 N–H and O–H groups in total. The van der Waals surface area contributed by atoms with Gasteiger partial charge in [0, 0.05) is 6.16 Å². The summed E-state index contributed by atoms with van der Waals surface area (Å²) in [5.41, 5.74) is 1.15. The molecule has 0 heterocycles. The maximum atomic E-state index is 13.3. The topological polar surface area (TPSA) is 71.1 Å². The maximum Gasteiger partial charge on any atom is 0.340 e. The highest BCUT2D eigenvalue weighted by atomic mass is 31.2. The van der Waals surface area contributed by atoms with Gasteiger partial charge in [0.25, 0.3) is 0 Å². The first-order valence-electron chi connectivity index (χ1n) is 10.8. The van der Waals surface area contributed by atoms with Crippen molar-refractivity contribution in [3.05, 3.63) is 60.2 Å². The van der Waals surface area contributed by atoms with E-state index in [2.05, 4.69) is 6.07 Å². The lowest BCUT2D eigenvalue weighted by Crippen LogP contribution is -2.06. The molecule has 31 heavy (non-hydrogen) atoms. The molecule has 0 bridgehead atoms. The van der Waals surface area contributed by atoms with Gasteiger partial charge in [0.2, 0.25) is 7.37 Å². The van der Waals surface area contributed by atoms with Crippen molar-refractivity contribution in [2.75, 3.05) is 31.9 Å². The third-order valence-electron chi connectivity index (χ3n) is 4.50. The molecule has 2 rings (SSSR count). The monoisotopic (exact) mass is 468 g/mol. The number of ether oxygens (including phenoxy) is 1. The zero-order valence-electron chi connectivity index (χ0n) is 18.7. The maximum absolute atomic E-state index is 13.3. The van der Waals surface area contributed by atoms with Gasteiger partial charge in [0.1, 0.15) is 17.4 Å². The van der Waals surface area contributed by atoms with E-state index < -0.39 is 15.0 Å². The lowest BCUT2D eigenvalue weighted by Gasteiger charge is -2.23. The fourth-order valence-corrected chi connectivity index (χ4v) is 9.08. The molecule has 2 aromatic carbocycles. The predicted octanol–water partition coefficient (Wildman–Crippen LogP) is 7.34. The molecule has 1 atom stereocenters. The zero-order valence-corrected chi connectivity index (χ0v) is 20.5. The van der Waals surface area contributed by atoms with Crippen molar-refractivity contribution in [3.8, 4) is 11.5 Å². The summed E-state index contributed by atoms with van der Waals surface area (Å²) in [6.07, 6.45) is 2.70. The molecule has 0 aromatic heterocycles. The lowest BCUT2D eigenvalue weighted by atomic mass is 10.1. The Balaban J connectivity index is 1.90. The Kier molecular flexibility index (Phi) is 11.0. The van der Waals surface area contributed by atoms with E-state index in [4.69, 9.17) is 18.3 Å². The predicted molar refractivity (Wildman–Crippen MR) is 126 cm³/mol. The molecule has 0 aliphatic heterocycles. The van der Waals surface area contributed by atoms with Gasteiger partial charge in [0.05, 0.1) is 19.8 Å². The average Bonchev–Trinajstić information content (AvgIpc) is 2.73. The van der Waals surface area contributed by atoms with Crippen LogP contribution in [0, 0.1) is 0 Å². The standard InChI is InChI=1S/C23H34O6P2/c1-4-26-30(24,20-31(25,27-5-2)28-6-3)18-11-10-13-21-14-12-17-23(19-21)29-22-15-8-7-9-16-22/h7-9,12,14-17,19H,4-6,10-11,13,18,20H2,1-3H3. The summed E-state index contributed by atoms with van der Waals surface area (Å²) in [4.78, 5) is 0. The second-order valence-corrected chi connectivity index (χ2v) is 12.3. The van der Waals surface area contributed by atoms with E-state index in [0.717, 1.165) is 29.9 Å². The summed E-state index contributed by atoms with van der Waals surface area (Å²) in [7, 11) is -6.54. The number of rotatable bonds is 15. The average molecular weight is 468 g/mol. The molecule has 0 saturated carbocycles. The van der Waals surface area contributed by atoms with Crippen LogP contribution in [-0.2, 0) is 29.1 Å². The quantitative estimate of drug-likeness (QED) is 0.201. The third kappa shape index (κ3) is 9.31. The number of hydrogen-bond donors (Lipinski definition) is 0. The van der Waals surface area contributed by atoms with Crippen molar-refractivity contribution in [2.45, 2.75) is 40.0 Å². The van der Waals surface area contributed by atoms with Gasteiger partial charge in [-0.05, 0) is 69.9 Å². The summed E-state index contributed by atoms with van der Waals surface area (Å²) < 4.78 is 48.2. The van der Waals surface area contributed by atoms with Gasteiger partial charge >= 0.3 is 7.60 Å². The van der Waals surface area contributed by atoms with E-state index in [1.807, 2.05) is 48.5 Å². The van der Waals surface area contributed by atoms with Crippen molar-refractivity contribution in [1.82, 2.24) is 0 Å². The molecule has 0 saturated heterocycles. The highest BCUT2D eigenvalue weighted by Crippen LogP contribution is 2.63. The molecule has 0 amide bonds. The summed E-state index contributed by atoms with van der Waals surface area (Å²) in [6.45, 7) is 6.06. The molecular formula is C23H34O6P2. The fourth-order valence-electron chi connectivity index (χ4n) is 3.26. The largest absolute Gasteiger partial charge is 0.457 e. The second-order valence-electron chi connectivity index (χ2n) is 7.06. The smallest absolute Gasteiger partial charge is 0.340 e. The van der Waals surface area contributed by atoms with Crippen molar-refractivity contribution in [2.24, 2.45) is 0 Å². The molecule has 0 aliphatic carbocycles. The summed E-state index contributed by atoms with van der Waals surface area (Å²) in [5, 5.41) is 0. The minimum absolute atomic E-state index is 0.171. The summed E-state index contributed by atoms with van der Waals surface area (Å²) in [5.74, 6) is 1.42. The van der Waals surface area contributed by atoms with Crippen LogP contribution in [0.5, 0.6) is 11.5 Å². The van der Waals surface area contributed by atoms with E-state index in [-0.39, 0.29) is 19.1 Å². The van der Waals surface area contributed by atoms with Crippen LogP contribution >= 0.6 is 15.0 Å². The van der Waals surface area contributed by atoms with Crippen LogP contribution in [0.4, 0.5) is 0 Å². The van der Waals surface area contributed by atoms with Crippen LogP contribution in [0.25, 0.3) is 0 Å². The summed E-state index contributed by atoms with van der Waals surface area (Å²) in [6, 6.07) is 17.6.